The molecule has 3 rings (SSSR count). The number of esters is 1. The fourth-order valence-corrected chi connectivity index (χ4v) is 3.01. The molecule has 0 aliphatic rings. The van der Waals surface area contributed by atoms with Gasteiger partial charge in [0, 0.05) is 21.2 Å². The number of carbonyl (C=O) groups excluding carboxylic acids is 2. The van der Waals surface area contributed by atoms with Gasteiger partial charge in [0.2, 0.25) is 0 Å². The van der Waals surface area contributed by atoms with Gasteiger partial charge in [-0.25, -0.2) is 0 Å². The van der Waals surface area contributed by atoms with Gasteiger partial charge in [-0.15, -0.1) is 0 Å². The SMILES string of the molecule is O=C(CNC(=O)c1ccc(-c2ccccc2)cc1)OCc1ccc(Cl)cc1Cl. The van der Waals surface area contributed by atoms with Crippen LogP contribution in [0.15, 0.2) is 72.8 Å². The minimum Gasteiger partial charge on any atom is -0.459 e. The first-order valence-electron chi connectivity index (χ1n) is 8.56. The Morgan fingerprint density at radius 1 is 0.857 bits per heavy atom. The molecule has 0 aliphatic carbocycles. The van der Waals surface area contributed by atoms with E-state index in [2.05, 4.69) is 5.32 Å². The number of amides is 1. The molecule has 142 valence electrons. The van der Waals surface area contributed by atoms with Crippen molar-refractivity contribution in [3.63, 3.8) is 0 Å². The van der Waals surface area contributed by atoms with Gasteiger partial charge in [-0.3, -0.25) is 9.59 Å². The third-order valence-electron chi connectivity index (χ3n) is 4.05. The summed E-state index contributed by atoms with van der Waals surface area (Å²) in [5.74, 6) is -0.902. The molecular weight excluding hydrogens is 397 g/mol. The van der Waals surface area contributed by atoms with Gasteiger partial charge < -0.3 is 10.1 Å². The van der Waals surface area contributed by atoms with Crippen molar-refractivity contribution in [1.82, 2.24) is 5.32 Å². The van der Waals surface area contributed by atoms with Gasteiger partial charge in [-0.2, -0.15) is 0 Å². The molecule has 3 aromatic rings. The van der Waals surface area contributed by atoms with E-state index >= 15 is 0 Å². The van der Waals surface area contributed by atoms with Gasteiger partial charge >= 0.3 is 5.97 Å². The second-order valence-corrected chi connectivity index (χ2v) is 6.87. The topological polar surface area (TPSA) is 55.4 Å². The Hall–Kier alpha value is -2.82. The maximum Gasteiger partial charge on any atom is 0.325 e. The second kappa shape index (κ2) is 9.40. The predicted octanol–water partition coefficient (Wildman–Crippen LogP) is 5.13. The molecule has 6 heteroatoms. The van der Waals surface area contributed by atoms with Crippen molar-refractivity contribution in [2.75, 3.05) is 6.54 Å². The highest BCUT2D eigenvalue weighted by atomic mass is 35.5. The first-order chi connectivity index (χ1) is 13.5. The van der Waals surface area contributed by atoms with Crippen LogP contribution in [0.1, 0.15) is 15.9 Å². The van der Waals surface area contributed by atoms with Crippen LogP contribution in [0, 0.1) is 0 Å². The highest BCUT2D eigenvalue weighted by Crippen LogP contribution is 2.21. The zero-order valence-electron chi connectivity index (χ0n) is 14.8. The summed E-state index contributed by atoms with van der Waals surface area (Å²) in [4.78, 5) is 24.1. The molecule has 0 radical (unpaired) electrons. The molecular formula is C22H17Cl2NO3. The van der Waals surface area contributed by atoms with Crippen LogP contribution in [0.5, 0.6) is 0 Å². The third-order valence-corrected chi connectivity index (χ3v) is 4.64. The summed E-state index contributed by atoms with van der Waals surface area (Å²) in [6.45, 7) is -0.221. The molecule has 28 heavy (non-hydrogen) atoms. The largest absolute Gasteiger partial charge is 0.459 e. The summed E-state index contributed by atoms with van der Waals surface area (Å²) < 4.78 is 5.13. The summed E-state index contributed by atoms with van der Waals surface area (Å²) in [5.41, 5.74) is 3.19. The highest BCUT2D eigenvalue weighted by molar-refractivity contribution is 6.35. The fourth-order valence-electron chi connectivity index (χ4n) is 2.55. The minimum atomic E-state index is -0.555. The Balaban J connectivity index is 1.50. The number of rotatable bonds is 6. The van der Waals surface area contributed by atoms with E-state index in [1.54, 1.807) is 30.3 Å². The van der Waals surface area contributed by atoms with Crippen LogP contribution in [0.4, 0.5) is 0 Å². The molecule has 0 unspecified atom stereocenters. The van der Waals surface area contributed by atoms with Crippen molar-refractivity contribution < 1.29 is 14.3 Å². The van der Waals surface area contributed by atoms with Crippen molar-refractivity contribution in [2.45, 2.75) is 6.61 Å². The summed E-state index contributed by atoms with van der Waals surface area (Å²) in [5, 5.41) is 3.47. The Labute approximate surface area is 173 Å². The van der Waals surface area contributed by atoms with Crippen LogP contribution in [-0.2, 0) is 16.1 Å². The molecule has 0 fully saturated rings. The van der Waals surface area contributed by atoms with E-state index in [0.717, 1.165) is 11.1 Å². The molecule has 0 atom stereocenters. The molecule has 1 amide bonds. The number of halogens is 2. The van der Waals surface area contributed by atoms with Crippen LogP contribution in [-0.4, -0.2) is 18.4 Å². The van der Waals surface area contributed by atoms with Crippen molar-refractivity contribution in [2.24, 2.45) is 0 Å². The maximum absolute atomic E-state index is 12.2. The van der Waals surface area contributed by atoms with Crippen LogP contribution in [0.25, 0.3) is 11.1 Å². The molecule has 0 bridgehead atoms. The predicted molar refractivity (Wildman–Crippen MR) is 110 cm³/mol. The van der Waals surface area contributed by atoms with E-state index in [0.29, 0.717) is 21.2 Å². The average Bonchev–Trinajstić information content (AvgIpc) is 2.72. The van der Waals surface area contributed by atoms with E-state index < -0.39 is 5.97 Å². The summed E-state index contributed by atoms with van der Waals surface area (Å²) in [7, 11) is 0. The van der Waals surface area contributed by atoms with Crippen molar-refractivity contribution >= 4 is 35.1 Å². The van der Waals surface area contributed by atoms with E-state index in [-0.39, 0.29) is 19.1 Å². The lowest BCUT2D eigenvalue weighted by Gasteiger charge is -2.08. The first-order valence-corrected chi connectivity index (χ1v) is 9.32. The van der Waals surface area contributed by atoms with Crippen molar-refractivity contribution in [3.05, 3.63) is 94.0 Å². The zero-order valence-corrected chi connectivity index (χ0v) is 16.3. The molecule has 3 aromatic carbocycles. The quantitative estimate of drug-likeness (QED) is 0.569. The van der Waals surface area contributed by atoms with Gasteiger partial charge in [-0.1, -0.05) is 71.7 Å². The number of hydrogen-bond acceptors (Lipinski definition) is 3. The lowest BCUT2D eigenvalue weighted by molar-refractivity contribution is -0.143. The Bertz CT molecular complexity index is 973. The molecule has 0 aliphatic heterocycles. The highest BCUT2D eigenvalue weighted by Gasteiger charge is 2.10. The van der Waals surface area contributed by atoms with Crippen molar-refractivity contribution in [3.8, 4) is 11.1 Å². The summed E-state index contributed by atoms with van der Waals surface area (Å²) >= 11 is 11.9. The molecule has 1 N–H and O–H groups in total. The Morgan fingerprint density at radius 3 is 2.21 bits per heavy atom. The molecule has 0 heterocycles. The standard InChI is InChI=1S/C22H17Cl2NO3/c23-19-11-10-18(20(24)12-19)14-28-21(26)13-25-22(27)17-8-6-16(7-9-17)15-4-2-1-3-5-15/h1-12H,13-14H2,(H,25,27). The van der Waals surface area contributed by atoms with Gasteiger partial charge in [0.25, 0.3) is 5.91 Å². The van der Waals surface area contributed by atoms with Crippen LogP contribution in [0.3, 0.4) is 0 Å². The van der Waals surface area contributed by atoms with E-state index in [9.17, 15) is 9.59 Å². The van der Waals surface area contributed by atoms with E-state index in [4.69, 9.17) is 27.9 Å². The van der Waals surface area contributed by atoms with Gasteiger partial charge in [0.15, 0.2) is 0 Å². The fraction of sp³-hybridized carbons (Fsp3) is 0.0909. The lowest BCUT2D eigenvalue weighted by atomic mass is 10.0. The van der Waals surface area contributed by atoms with Gasteiger partial charge in [0.1, 0.15) is 13.2 Å². The number of ether oxygens (including phenoxy) is 1. The molecule has 0 aromatic heterocycles. The van der Waals surface area contributed by atoms with Gasteiger partial charge in [0.05, 0.1) is 0 Å². The maximum atomic E-state index is 12.2. The van der Waals surface area contributed by atoms with E-state index in [1.807, 2.05) is 42.5 Å². The Morgan fingerprint density at radius 2 is 1.54 bits per heavy atom. The van der Waals surface area contributed by atoms with Crippen LogP contribution in [0.2, 0.25) is 10.0 Å². The van der Waals surface area contributed by atoms with Crippen LogP contribution < -0.4 is 5.32 Å². The smallest absolute Gasteiger partial charge is 0.325 e. The number of benzene rings is 3. The number of carbonyl (C=O) groups is 2. The van der Waals surface area contributed by atoms with E-state index in [1.165, 1.54) is 0 Å². The summed E-state index contributed by atoms with van der Waals surface area (Å²) in [6.07, 6.45) is 0. The molecule has 4 nitrogen and oxygen atoms in total. The number of nitrogens with one attached hydrogen (secondary N) is 1. The lowest BCUT2D eigenvalue weighted by Crippen LogP contribution is -2.30. The number of hydrogen-bond donors (Lipinski definition) is 1. The molecule has 0 spiro atoms. The van der Waals surface area contributed by atoms with Crippen molar-refractivity contribution in [1.29, 1.82) is 0 Å². The monoisotopic (exact) mass is 413 g/mol. The molecule has 0 saturated heterocycles. The average molecular weight is 414 g/mol. The normalized spacial score (nSPS) is 10.4. The molecule has 0 saturated carbocycles. The zero-order chi connectivity index (χ0) is 19.9. The first kappa shape index (κ1) is 19.9. The van der Waals surface area contributed by atoms with Crippen LogP contribution >= 0.6 is 23.2 Å². The van der Waals surface area contributed by atoms with Gasteiger partial charge in [-0.05, 0) is 35.4 Å². The second-order valence-electron chi connectivity index (χ2n) is 6.02. The summed E-state index contributed by atoms with van der Waals surface area (Å²) in [6, 6.07) is 22.0. The Kier molecular flexibility index (Phi) is 6.69. The third kappa shape index (κ3) is 5.35. The minimum absolute atomic E-state index is 0.0104.